The van der Waals surface area contributed by atoms with Crippen LogP contribution in [-0.2, 0) is 0 Å². The van der Waals surface area contributed by atoms with Crippen molar-refractivity contribution in [3.8, 4) is 5.69 Å². The van der Waals surface area contributed by atoms with Crippen molar-refractivity contribution in [2.24, 2.45) is 5.92 Å². The number of rotatable bonds is 4. The van der Waals surface area contributed by atoms with Gasteiger partial charge in [-0.2, -0.15) is 15.0 Å². The summed E-state index contributed by atoms with van der Waals surface area (Å²) in [5.41, 5.74) is 2.07. The van der Waals surface area contributed by atoms with Crippen LogP contribution in [-0.4, -0.2) is 22.0 Å². The Kier molecular flexibility index (Phi) is 4.11. The molecule has 4 heteroatoms. The van der Waals surface area contributed by atoms with E-state index >= 15 is 0 Å². The second-order valence-corrected chi connectivity index (χ2v) is 5.56. The molecule has 1 aliphatic carbocycles. The van der Waals surface area contributed by atoms with E-state index in [0.717, 1.165) is 11.4 Å². The van der Waals surface area contributed by atoms with E-state index in [1.807, 2.05) is 43.6 Å². The van der Waals surface area contributed by atoms with Gasteiger partial charge >= 0.3 is 0 Å². The highest BCUT2D eigenvalue weighted by atomic mass is 15.5. The first-order chi connectivity index (χ1) is 9.88. The number of nitrogens with one attached hydrogen (secondary N) is 1. The highest BCUT2D eigenvalue weighted by molar-refractivity contribution is 5.28. The minimum Gasteiger partial charge on any atom is -0.311 e. The zero-order valence-corrected chi connectivity index (χ0v) is 12.0. The van der Waals surface area contributed by atoms with Crippen molar-refractivity contribution in [1.29, 1.82) is 0 Å². The molecule has 3 rings (SSSR count). The molecule has 0 saturated heterocycles. The third-order valence-electron chi connectivity index (χ3n) is 4.25. The average Bonchev–Trinajstić information content (AvgIpc) is 3.00. The first-order valence-corrected chi connectivity index (χ1v) is 7.53. The van der Waals surface area contributed by atoms with Gasteiger partial charge in [-0.1, -0.05) is 37.5 Å². The summed E-state index contributed by atoms with van der Waals surface area (Å²) in [6, 6.07) is 10.4. The van der Waals surface area contributed by atoms with Crippen molar-refractivity contribution < 1.29 is 0 Å². The fraction of sp³-hybridized carbons (Fsp3) is 0.500. The van der Waals surface area contributed by atoms with Gasteiger partial charge in [-0.25, -0.2) is 0 Å². The zero-order chi connectivity index (χ0) is 13.8. The molecular weight excluding hydrogens is 248 g/mol. The molecule has 1 saturated carbocycles. The molecule has 20 heavy (non-hydrogen) atoms. The Hall–Kier alpha value is -1.68. The van der Waals surface area contributed by atoms with E-state index in [4.69, 9.17) is 0 Å². The third kappa shape index (κ3) is 2.75. The first-order valence-electron chi connectivity index (χ1n) is 7.53. The van der Waals surface area contributed by atoms with Crippen LogP contribution in [0, 0.1) is 5.92 Å². The molecule has 0 spiro atoms. The molecule has 1 aromatic carbocycles. The van der Waals surface area contributed by atoms with Gasteiger partial charge in [0.15, 0.2) is 0 Å². The molecule has 1 heterocycles. The smallest absolute Gasteiger partial charge is 0.100 e. The number of aromatic nitrogens is 3. The number of hydrogen-bond donors (Lipinski definition) is 1. The Morgan fingerprint density at radius 1 is 1.15 bits per heavy atom. The molecule has 1 N–H and O–H groups in total. The van der Waals surface area contributed by atoms with Gasteiger partial charge in [0.05, 0.1) is 17.9 Å². The lowest BCUT2D eigenvalue weighted by atomic mass is 9.83. The van der Waals surface area contributed by atoms with Crippen LogP contribution in [0.25, 0.3) is 5.69 Å². The Balaban J connectivity index is 1.80. The molecule has 2 aromatic rings. The van der Waals surface area contributed by atoms with E-state index < -0.39 is 0 Å². The Bertz CT molecular complexity index is 528. The summed E-state index contributed by atoms with van der Waals surface area (Å²) >= 11 is 0. The highest BCUT2D eigenvalue weighted by Crippen LogP contribution is 2.33. The Morgan fingerprint density at radius 2 is 1.90 bits per heavy atom. The van der Waals surface area contributed by atoms with Crippen molar-refractivity contribution >= 4 is 0 Å². The topological polar surface area (TPSA) is 42.7 Å². The van der Waals surface area contributed by atoms with Gasteiger partial charge in [-0.05, 0) is 37.9 Å². The lowest BCUT2D eigenvalue weighted by Gasteiger charge is -2.28. The molecule has 0 radical (unpaired) electrons. The van der Waals surface area contributed by atoms with Gasteiger partial charge in [0.2, 0.25) is 0 Å². The maximum Gasteiger partial charge on any atom is 0.100 e. The highest BCUT2D eigenvalue weighted by Gasteiger charge is 2.26. The van der Waals surface area contributed by atoms with Crippen LogP contribution in [0.1, 0.15) is 43.8 Å². The van der Waals surface area contributed by atoms with Crippen LogP contribution in [0.15, 0.2) is 36.5 Å². The van der Waals surface area contributed by atoms with Crippen LogP contribution in [0.3, 0.4) is 0 Å². The van der Waals surface area contributed by atoms with Gasteiger partial charge in [0.25, 0.3) is 0 Å². The van der Waals surface area contributed by atoms with Gasteiger partial charge in [0.1, 0.15) is 5.69 Å². The van der Waals surface area contributed by atoms with Crippen molar-refractivity contribution in [2.45, 2.75) is 38.1 Å². The second-order valence-electron chi connectivity index (χ2n) is 5.56. The van der Waals surface area contributed by atoms with E-state index in [2.05, 4.69) is 15.5 Å². The SMILES string of the molecule is CNC(c1cnn(-c2ccccc2)n1)C1CCCCC1. The molecule has 4 nitrogen and oxygen atoms in total. The van der Waals surface area contributed by atoms with Gasteiger partial charge < -0.3 is 5.32 Å². The maximum absolute atomic E-state index is 4.67. The van der Waals surface area contributed by atoms with E-state index in [1.54, 1.807) is 4.80 Å². The molecule has 0 bridgehead atoms. The molecule has 1 aromatic heterocycles. The van der Waals surface area contributed by atoms with E-state index in [-0.39, 0.29) is 0 Å². The summed E-state index contributed by atoms with van der Waals surface area (Å²) in [7, 11) is 2.03. The predicted molar refractivity (Wildman–Crippen MR) is 79.7 cm³/mol. The number of nitrogens with zero attached hydrogens (tertiary/aromatic N) is 3. The molecule has 106 valence electrons. The molecule has 1 fully saturated rings. The molecule has 0 aliphatic heterocycles. The van der Waals surface area contributed by atoms with Gasteiger partial charge in [-0.3, -0.25) is 0 Å². The maximum atomic E-state index is 4.67. The lowest BCUT2D eigenvalue weighted by molar-refractivity contribution is 0.277. The van der Waals surface area contributed by atoms with E-state index in [0.29, 0.717) is 12.0 Å². The third-order valence-corrected chi connectivity index (χ3v) is 4.25. The van der Waals surface area contributed by atoms with E-state index in [1.165, 1.54) is 32.1 Å². The summed E-state index contributed by atoms with van der Waals surface area (Å²) in [5.74, 6) is 0.690. The Morgan fingerprint density at radius 3 is 2.60 bits per heavy atom. The summed E-state index contributed by atoms with van der Waals surface area (Å²) in [5, 5.41) is 12.5. The van der Waals surface area contributed by atoms with Gasteiger partial charge in [0, 0.05) is 0 Å². The molecule has 1 atom stereocenters. The predicted octanol–water partition coefficient (Wildman–Crippen LogP) is 3.11. The largest absolute Gasteiger partial charge is 0.311 e. The fourth-order valence-corrected chi connectivity index (χ4v) is 3.20. The standard InChI is InChI=1S/C16H22N4/c1-17-16(13-8-4-2-5-9-13)15-12-18-20(19-15)14-10-6-3-7-11-14/h3,6-7,10-13,16-17H,2,4-5,8-9H2,1H3. The quantitative estimate of drug-likeness (QED) is 0.928. The van der Waals surface area contributed by atoms with Crippen molar-refractivity contribution in [3.05, 3.63) is 42.2 Å². The average molecular weight is 270 g/mol. The second kappa shape index (κ2) is 6.18. The number of para-hydroxylation sites is 1. The monoisotopic (exact) mass is 270 g/mol. The number of hydrogen-bond acceptors (Lipinski definition) is 3. The fourth-order valence-electron chi connectivity index (χ4n) is 3.20. The summed E-state index contributed by atoms with van der Waals surface area (Å²) in [6.45, 7) is 0. The van der Waals surface area contributed by atoms with Crippen LogP contribution in [0.4, 0.5) is 0 Å². The van der Waals surface area contributed by atoms with Gasteiger partial charge in [-0.15, -0.1) is 0 Å². The summed E-state index contributed by atoms with van der Waals surface area (Å²) in [6.07, 6.45) is 8.56. The minimum atomic E-state index is 0.327. The van der Waals surface area contributed by atoms with Crippen molar-refractivity contribution in [1.82, 2.24) is 20.3 Å². The summed E-state index contributed by atoms with van der Waals surface area (Å²) < 4.78 is 0. The van der Waals surface area contributed by atoms with Crippen molar-refractivity contribution in [2.75, 3.05) is 7.05 Å². The Labute approximate surface area is 120 Å². The molecule has 0 amide bonds. The first kappa shape index (κ1) is 13.3. The molecule has 1 unspecified atom stereocenters. The normalized spacial score (nSPS) is 18.1. The summed E-state index contributed by atoms with van der Waals surface area (Å²) in [4.78, 5) is 1.72. The van der Waals surface area contributed by atoms with Crippen LogP contribution in [0.2, 0.25) is 0 Å². The van der Waals surface area contributed by atoms with Crippen molar-refractivity contribution in [3.63, 3.8) is 0 Å². The number of benzene rings is 1. The van der Waals surface area contributed by atoms with E-state index in [9.17, 15) is 0 Å². The van der Waals surface area contributed by atoms with Crippen LogP contribution in [0.5, 0.6) is 0 Å². The molecular formula is C16H22N4. The van der Waals surface area contributed by atoms with Crippen LogP contribution < -0.4 is 5.32 Å². The zero-order valence-electron chi connectivity index (χ0n) is 12.0. The molecule has 1 aliphatic rings. The van der Waals surface area contributed by atoms with Crippen LogP contribution >= 0.6 is 0 Å². The minimum absolute atomic E-state index is 0.327. The lowest BCUT2D eigenvalue weighted by Crippen LogP contribution is -2.27.